The van der Waals surface area contributed by atoms with E-state index in [1.54, 1.807) is 12.1 Å². The number of ether oxygens (including phenoxy) is 2. The molecule has 0 unspecified atom stereocenters. The monoisotopic (exact) mass is 411 g/mol. The van der Waals surface area contributed by atoms with E-state index in [4.69, 9.17) is 21.1 Å². The van der Waals surface area contributed by atoms with Gasteiger partial charge >= 0.3 is 5.97 Å². The summed E-state index contributed by atoms with van der Waals surface area (Å²) in [7, 11) is 2.87. The van der Waals surface area contributed by atoms with Gasteiger partial charge in [-0.15, -0.1) is 0 Å². The van der Waals surface area contributed by atoms with Gasteiger partial charge in [0, 0.05) is 25.0 Å². The minimum atomic E-state index is -0.662. The summed E-state index contributed by atoms with van der Waals surface area (Å²) in [6.07, 6.45) is 1.13. The van der Waals surface area contributed by atoms with Crippen molar-refractivity contribution >= 4 is 41.0 Å². The molecule has 1 aromatic rings. The zero-order chi connectivity index (χ0) is 20.7. The van der Waals surface area contributed by atoms with Gasteiger partial charge in [-0.05, 0) is 24.6 Å². The van der Waals surface area contributed by atoms with Crippen LogP contribution in [0.5, 0.6) is 5.75 Å². The number of likely N-dealkylation sites (N-methyl/N-ethyl adjacent to an activating group) is 1. The molecule has 1 aromatic carbocycles. The smallest absolute Gasteiger partial charge is 0.326 e. The summed E-state index contributed by atoms with van der Waals surface area (Å²) in [4.78, 5) is 49.9. The Morgan fingerprint density at radius 2 is 2.07 bits per heavy atom. The summed E-state index contributed by atoms with van der Waals surface area (Å²) >= 11 is 5.91. The summed E-state index contributed by atoms with van der Waals surface area (Å²) in [5, 5.41) is 3.03. The first-order valence-electron chi connectivity index (χ1n) is 8.61. The molecule has 3 amide bonds. The van der Waals surface area contributed by atoms with Crippen molar-refractivity contribution in [3.63, 3.8) is 0 Å². The van der Waals surface area contributed by atoms with Crippen molar-refractivity contribution in [3.8, 4) is 5.75 Å². The van der Waals surface area contributed by atoms with Crippen molar-refractivity contribution < 1.29 is 28.7 Å². The summed E-state index contributed by atoms with van der Waals surface area (Å²) in [6, 6.07) is 4.76. The maximum Gasteiger partial charge on any atom is 0.326 e. The number of esters is 1. The number of halogens is 1. The van der Waals surface area contributed by atoms with Crippen LogP contribution in [0.1, 0.15) is 12.8 Å². The van der Waals surface area contributed by atoms with Crippen LogP contribution in [0.15, 0.2) is 18.2 Å². The highest BCUT2D eigenvalue weighted by Gasteiger charge is 2.24. The Balaban J connectivity index is 1.78. The molecule has 2 rings (SSSR count). The number of amides is 3. The van der Waals surface area contributed by atoms with Crippen LogP contribution in [-0.2, 0) is 23.9 Å². The summed E-state index contributed by atoms with van der Waals surface area (Å²) in [6.45, 7) is -0.429. The number of rotatable bonds is 8. The molecule has 0 atom stereocenters. The van der Waals surface area contributed by atoms with Crippen molar-refractivity contribution in [2.24, 2.45) is 0 Å². The Hall–Kier alpha value is -2.81. The lowest BCUT2D eigenvalue weighted by Gasteiger charge is -2.18. The van der Waals surface area contributed by atoms with Crippen molar-refractivity contribution in [1.29, 1.82) is 0 Å². The van der Waals surface area contributed by atoms with Gasteiger partial charge < -0.3 is 24.6 Å². The summed E-state index contributed by atoms with van der Waals surface area (Å²) in [5.74, 6) is -1.35. The molecule has 152 valence electrons. The third kappa shape index (κ3) is 6.12. The molecule has 1 aliphatic rings. The van der Waals surface area contributed by atoms with E-state index in [-0.39, 0.29) is 19.0 Å². The van der Waals surface area contributed by atoms with Crippen molar-refractivity contribution in [1.82, 2.24) is 9.80 Å². The van der Waals surface area contributed by atoms with E-state index >= 15 is 0 Å². The number of nitrogens with one attached hydrogen (secondary N) is 1. The van der Waals surface area contributed by atoms with Gasteiger partial charge in [-0.2, -0.15) is 0 Å². The van der Waals surface area contributed by atoms with Crippen molar-refractivity contribution in [2.75, 3.05) is 45.7 Å². The Morgan fingerprint density at radius 3 is 2.71 bits per heavy atom. The number of hydrogen-bond acceptors (Lipinski definition) is 6. The SMILES string of the molecule is COc1ccc(Cl)cc1NC(=O)CN(C)C(=O)COC(=O)CN1CCCC1=O. The zero-order valence-corrected chi connectivity index (χ0v) is 16.5. The van der Waals surface area contributed by atoms with Gasteiger partial charge in [-0.3, -0.25) is 19.2 Å². The normalized spacial score (nSPS) is 13.2. The van der Waals surface area contributed by atoms with E-state index in [0.29, 0.717) is 35.8 Å². The number of nitrogens with zero attached hydrogens (tertiary/aromatic N) is 2. The number of carbonyl (C=O) groups is 4. The fourth-order valence-electron chi connectivity index (χ4n) is 2.60. The fraction of sp³-hybridized carbons (Fsp3) is 0.444. The van der Waals surface area contributed by atoms with Crippen LogP contribution in [0, 0.1) is 0 Å². The van der Waals surface area contributed by atoms with Gasteiger partial charge in [0.2, 0.25) is 11.8 Å². The quantitative estimate of drug-likeness (QED) is 0.637. The lowest BCUT2D eigenvalue weighted by Crippen LogP contribution is -2.38. The van der Waals surface area contributed by atoms with Gasteiger partial charge in [-0.25, -0.2) is 0 Å². The van der Waals surface area contributed by atoms with Crippen LogP contribution in [0.3, 0.4) is 0 Å². The predicted molar refractivity (Wildman–Crippen MR) is 101 cm³/mol. The van der Waals surface area contributed by atoms with Crippen LogP contribution in [0.2, 0.25) is 5.02 Å². The van der Waals surface area contributed by atoms with Crippen LogP contribution >= 0.6 is 11.6 Å². The molecule has 1 fully saturated rings. The van der Waals surface area contributed by atoms with E-state index in [1.807, 2.05) is 0 Å². The number of methoxy groups -OCH3 is 1. The Kier molecular flexibility index (Phi) is 7.62. The lowest BCUT2D eigenvalue weighted by atomic mass is 10.3. The number of carbonyl (C=O) groups excluding carboxylic acids is 4. The fourth-order valence-corrected chi connectivity index (χ4v) is 2.77. The standard InChI is InChI=1S/C18H22ClN3O6/c1-21(9-15(23)20-13-8-12(19)5-6-14(13)27-2)17(25)11-28-18(26)10-22-7-3-4-16(22)24/h5-6,8H,3-4,7,9-11H2,1-2H3,(H,20,23). The molecule has 1 saturated heterocycles. The van der Waals surface area contributed by atoms with Gasteiger partial charge in [-0.1, -0.05) is 11.6 Å². The molecule has 0 saturated carbocycles. The third-order valence-electron chi connectivity index (χ3n) is 4.09. The highest BCUT2D eigenvalue weighted by Crippen LogP contribution is 2.27. The van der Waals surface area contributed by atoms with Gasteiger partial charge in [0.05, 0.1) is 19.3 Å². The predicted octanol–water partition coefficient (Wildman–Crippen LogP) is 0.911. The summed E-state index contributed by atoms with van der Waals surface area (Å²) < 4.78 is 10.0. The van der Waals surface area contributed by atoms with E-state index < -0.39 is 24.4 Å². The van der Waals surface area contributed by atoms with Crippen molar-refractivity contribution in [2.45, 2.75) is 12.8 Å². The molecule has 9 nitrogen and oxygen atoms in total. The molecule has 1 N–H and O–H groups in total. The van der Waals surface area contributed by atoms with E-state index in [9.17, 15) is 19.2 Å². The first-order valence-corrected chi connectivity index (χ1v) is 8.98. The average molecular weight is 412 g/mol. The van der Waals surface area contributed by atoms with Gasteiger partial charge in [0.15, 0.2) is 6.61 Å². The van der Waals surface area contributed by atoms with E-state index in [2.05, 4.69) is 5.32 Å². The molecular formula is C18H22ClN3O6. The molecule has 0 radical (unpaired) electrons. The minimum absolute atomic E-state index is 0.103. The first-order chi connectivity index (χ1) is 13.3. The average Bonchev–Trinajstić information content (AvgIpc) is 3.04. The second-order valence-electron chi connectivity index (χ2n) is 6.22. The van der Waals surface area contributed by atoms with Gasteiger partial charge in [0.1, 0.15) is 12.3 Å². The van der Waals surface area contributed by atoms with Crippen LogP contribution in [-0.4, -0.2) is 73.9 Å². The minimum Gasteiger partial charge on any atom is -0.495 e. The van der Waals surface area contributed by atoms with Crippen LogP contribution in [0.4, 0.5) is 5.69 Å². The molecule has 1 aliphatic heterocycles. The lowest BCUT2D eigenvalue weighted by molar-refractivity contribution is -0.154. The summed E-state index contributed by atoms with van der Waals surface area (Å²) in [5.41, 5.74) is 0.377. The maximum atomic E-state index is 12.2. The first kappa shape index (κ1) is 21.5. The topological polar surface area (TPSA) is 105 Å². The number of likely N-dealkylation sites (tertiary alicyclic amines) is 1. The zero-order valence-electron chi connectivity index (χ0n) is 15.7. The Morgan fingerprint density at radius 1 is 1.32 bits per heavy atom. The molecule has 28 heavy (non-hydrogen) atoms. The highest BCUT2D eigenvalue weighted by molar-refractivity contribution is 6.31. The Bertz CT molecular complexity index is 770. The van der Waals surface area contributed by atoms with E-state index in [1.165, 1.54) is 25.1 Å². The van der Waals surface area contributed by atoms with Crippen molar-refractivity contribution in [3.05, 3.63) is 23.2 Å². The second-order valence-corrected chi connectivity index (χ2v) is 6.66. The Labute approximate surface area is 167 Å². The number of hydrogen-bond donors (Lipinski definition) is 1. The van der Waals surface area contributed by atoms with E-state index in [0.717, 1.165) is 4.90 Å². The maximum absolute atomic E-state index is 12.2. The molecule has 0 aromatic heterocycles. The highest BCUT2D eigenvalue weighted by atomic mass is 35.5. The molecule has 0 bridgehead atoms. The molecule has 0 aliphatic carbocycles. The molecular weight excluding hydrogens is 390 g/mol. The second kappa shape index (κ2) is 9.93. The van der Waals surface area contributed by atoms with Gasteiger partial charge in [0.25, 0.3) is 5.91 Å². The number of benzene rings is 1. The van der Waals surface area contributed by atoms with Crippen LogP contribution < -0.4 is 10.1 Å². The van der Waals surface area contributed by atoms with Crippen LogP contribution in [0.25, 0.3) is 0 Å². The molecule has 0 spiro atoms. The largest absolute Gasteiger partial charge is 0.495 e. The molecule has 1 heterocycles. The number of anilines is 1. The third-order valence-corrected chi connectivity index (χ3v) is 4.33. The molecule has 10 heteroatoms.